The third-order valence-corrected chi connectivity index (χ3v) is 3.34. The molecule has 0 amide bonds. The number of benzene rings is 1. The number of aryl methyl sites for hydroxylation is 1. The van der Waals surface area contributed by atoms with Crippen molar-refractivity contribution >= 4 is 29.3 Å². The molecule has 1 N–H and O–H groups in total. The minimum Gasteiger partial charge on any atom is -0.478 e. The molecule has 0 radical (unpaired) electrons. The smallest absolute Gasteiger partial charge is 0.337 e. The van der Waals surface area contributed by atoms with Crippen molar-refractivity contribution in [2.75, 3.05) is 0 Å². The van der Waals surface area contributed by atoms with Gasteiger partial charge in [0.1, 0.15) is 0 Å². The van der Waals surface area contributed by atoms with Crippen LogP contribution < -0.4 is 0 Å². The molecule has 17 heavy (non-hydrogen) atoms. The summed E-state index contributed by atoms with van der Waals surface area (Å²) in [6.07, 6.45) is 3.62. The lowest BCUT2D eigenvalue weighted by atomic mass is 10.2. The second-order valence-electron chi connectivity index (χ2n) is 3.40. The first kappa shape index (κ1) is 12.0. The summed E-state index contributed by atoms with van der Waals surface area (Å²) in [7, 11) is 1.84. The number of nitrogens with zero attached hydrogens (tertiary/aromatic N) is 2. The predicted molar refractivity (Wildman–Crippen MR) is 65.7 cm³/mol. The Hall–Kier alpha value is -1.46. The van der Waals surface area contributed by atoms with Gasteiger partial charge >= 0.3 is 5.97 Å². The van der Waals surface area contributed by atoms with Crippen LogP contribution in [-0.2, 0) is 7.05 Å². The number of carbonyl (C=O) groups is 1. The zero-order valence-electron chi connectivity index (χ0n) is 8.92. The Kier molecular flexibility index (Phi) is 3.40. The first-order valence-corrected chi connectivity index (χ1v) is 5.95. The number of carboxylic acid groups (broad SMARTS) is 1. The average molecular weight is 269 g/mol. The third-order valence-electron chi connectivity index (χ3n) is 2.09. The first-order valence-electron chi connectivity index (χ1n) is 4.75. The topological polar surface area (TPSA) is 55.1 Å². The van der Waals surface area contributed by atoms with E-state index < -0.39 is 5.97 Å². The van der Waals surface area contributed by atoms with Gasteiger partial charge in [0.2, 0.25) is 0 Å². The minimum absolute atomic E-state index is 0.113. The lowest BCUT2D eigenvalue weighted by Gasteiger charge is -2.02. The number of halogens is 1. The van der Waals surface area contributed by atoms with Crippen molar-refractivity contribution in [3.8, 4) is 0 Å². The van der Waals surface area contributed by atoms with Crippen molar-refractivity contribution in [2.24, 2.45) is 7.05 Å². The molecule has 0 saturated heterocycles. The van der Waals surface area contributed by atoms with E-state index in [4.69, 9.17) is 16.7 Å². The molecule has 0 atom stereocenters. The van der Waals surface area contributed by atoms with Gasteiger partial charge in [-0.3, -0.25) is 4.68 Å². The molecule has 0 fully saturated rings. The van der Waals surface area contributed by atoms with Crippen LogP contribution in [0.3, 0.4) is 0 Å². The molecule has 0 bridgehead atoms. The van der Waals surface area contributed by atoms with Crippen molar-refractivity contribution in [3.63, 3.8) is 0 Å². The van der Waals surface area contributed by atoms with Gasteiger partial charge in [0, 0.05) is 18.1 Å². The maximum atomic E-state index is 10.8. The molecule has 2 aromatic rings. The number of aromatic carboxylic acids is 1. The normalized spacial score (nSPS) is 10.5. The first-order chi connectivity index (χ1) is 8.06. The highest BCUT2D eigenvalue weighted by molar-refractivity contribution is 7.99. The molecule has 0 aliphatic rings. The van der Waals surface area contributed by atoms with E-state index in [1.165, 1.54) is 17.8 Å². The van der Waals surface area contributed by atoms with Crippen LogP contribution in [0.2, 0.25) is 5.02 Å². The van der Waals surface area contributed by atoms with Crippen LogP contribution >= 0.6 is 23.4 Å². The molecular weight excluding hydrogens is 260 g/mol. The highest BCUT2D eigenvalue weighted by Gasteiger charge is 2.09. The molecule has 6 heteroatoms. The van der Waals surface area contributed by atoms with E-state index in [0.29, 0.717) is 0 Å². The Morgan fingerprint density at radius 1 is 1.47 bits per heavy atom. The monoisotopic (exact) mass is 268 g/mol. The summed E-state index contributed by atoms with van der Waals surface area (Å²) in [6, 6.07) is 4.87. The van der Waals surface area contributed by atoms with E-state index in [0.717, 1.165) is 9.79 Å². The largest absolute Gasteiger partial charge is 0.478 e. The quantitative estimate of drug-likeness (QED) is 0.930. The highest BCUT2D eigenvalue weighted by atomic mass is 35.5. The molecule has 0 saturated carbocycles. The molecule has 0 aliphatic carbocycles. The van der Waals surface area contributed by atoms with E-state index >= 15 is 0 Å². The van der Waals surface area contributed by atoms with Gasteiger partial charge < -0.3 is 5.11 Å². The molecule has 4 nitrogen and oxygen atoms in total. The van der Waals surface area contributed by atoms with Crippen LogP contribution in [-0.4, -0.2) is 20.9 Å². The summed E-state index contributed by atoms with van der Waals surface area (Å²) in [4.78, 5) is 12.7. The molecular formula is C11H9ClN2O2S. The summed E-state index contributed by atoms with van der Waals surface area (Å²) in [5.74, 6) is -1.02. The lowest BCUT2D eigenvalue weighted by Crippen LogP contribution is -1.96. The molecule has 88 valence electrons. The number of aromatic nitrogens is 2. The SMILES string of the molecule is Cn1cc(Sc2ccc(C(=O)O)c(Cl)c2)cn1. The molecule has 0 aliphatic heterocycles. The molecule has 1 aromatic heterocycles. The van der Waals surface area contributed by atoms with Crippen LogP contribution in [0.25, 0.3) is 0 Å². The van der Waals surface area contributed by atoms with E-state index in [1.807, 2.05) is 13.2 Å². The fourth-order valence-electron chi connectivity index (χ4n) is 1.32. The van der Waals surface area contributed by atoms with Crippen molar-refractivity contribution < 1.29 is 9.90 Å². The summed E-state index contributed by atoms with van der Waals surface area (Å²) in [5.41, 5.74) is 0.113. The van der Waals surface area contributed by atoms with Gasteiger partial charge in [-0.1, -0.05) is 23.4 Å². The fraction of sp³-hybridized carbons (Fsp3) is 0.0909. The highest BCUT2D eigenvalue weighted by Crippen LogP contribution is 2.30. The number of rotatable bonds is 3. The lowest BCUT2D eigenvalue weighted by molar-refractivity contribution is 0.0697. The summed E-state index contributed by atoms with van der Waals surface area (Å²) < 4.78 is 1.70. The van der Waals surface area contributed by atoms with Crippen LogP contribution in [0.1, 0.15) is 10.4 Å². The van der Waals surface area contributed by atoms with Gasteiger partial charge in [-0.15, -0.1) is 0 Å². The fourth-order valence-corrected chi connectivity index (χ4v) is 2.54. The van der Waals surface area contributed by atoms with Crippen LogP contribution in [0.5, 0.6) is 0 Å². The third kappa shape index (κ3) is 2.81. The molecule has 1 aromatic carbocycles. The van der Waals surface area contributed by atoms with Crippen molar-refractivity contribution in [3.05, 3.63) is 41.2 Å². The Bertz CT molecular complexity index is 568. The van der Waals surface area contributed by atoms with Crippen molar-refractivity contribution in [1.29, 1.82) is 0 Å². The number of hydrogen-bond acceptors (Lipinski definition) is 3. The van der Waals surface area contributed by atoms with Gasteiger partial charge in [0.05, 0.1) is 21.7 Å². The number of hydrogen-bond donors (Lipinski definition) is 1. The van der Waals surface area contributed by atoms with Gasteiger partial charge in [-0.25, -0.2) is 4.79 Å². The Morgan fingerprint density at radius 3 is 2.76 bits per heavy atom. The maximum absolute atomic E-state index is 10.8. The summed E-state index contributed by atoms with van der Waals surface area (Å²) in [5, 5.41) is 13.1. The van der Waals surface area contributed by atoms with Crippen molar-refractivity contribution in [1.82, 2.24) is 9.78 Å². The van der Waals surface area contributed by atoms with E-state index in [-0.39, 0.29) is 10.6 Å². The van der Waals surface area contributed by atoms with Crippen LogP contribution in [0.4, 0.5) is 0 Å². The van der Waals surface area contributed by atoms with Gasteiger partial charge in [-0.05, 0) is 18.2 Å². The molecule has 0 unspecified atom stereocenters. The van der Waals surface area contributed by atoms with Gasteiger partial charge in [0.15, 0.2) is 0 Å². The van der Waals surface area contributed by atoms with Crippen LogP contribution in [0.15, 0.2) is 40.4 Å². The second-order valence-corrected chi connectivity index (χ2v) is 4.95. The maximum Gasteiger partial charge on any atom is 0.337 e. The zero-order valence-corrected chi connectivity index (χ0v) is 10.5. The zero-order chi connectivity index (χ0) is 12.4. The van der Waals surface area contributed by atoms with E-state index in [9.17, 15) is 4.79 Å². The molecule has 0 spiro atoms. The standard InChI is InChI=1S/C11H9ClN2O2S/c1-14-6-8(5-13-14)17-7-2-3-9(11(15)16)10(12)4-7/h2-6H,1H3,(H,15,16). The van der Waals surface area contributed by atoms with Gasteiger partial charge in [0.25, 0.3) is 0 Å². The van der Waals surface area contributed by atoms with Crippen molar-refractivity contribution in [2.45, 2.75) is 9.79 Å². The van der Waals surface area contributed by atoms with E-state index in [2.05, 4.69) is 5.10 Å². The average Bonchev–Trinajstić information content (AvgIpc) is 2.63. The predicted octanol–water partition coefficient (Wildman–Crippen LogP) is 2.92. The van der Waals surface area contributed by atoms with E-state index in [1.54, 1.807) is 23.0 Å². The molecule has 1 heterocycles. The molecule has 2 rings (SSSR count). The summed E-state index contributed by atoms with van der Waals surface area (Å²) in [6.45, 7) is 0. The number of carboxylic acids is 1. The van der Waals surface area contributed by atoms with Crippen LogP contribution in [0, 0.1) is 0 Å². The second kappa shape index (κ2) is 4.81. The Morgan fingerprint density at radius 2 is 2.24 bits per heavy atom. The minimum atomic E-state index is -1.02. The Balaban J connectivity index is 2.23. The van der Waals surface area contributed by atoms with Gasteiger partial charge in [-0.2, -0.15) is 5.10 Å². The Labute approximate surface area is 107 Å². The summed E-state index contributed by atoms with van der Waals surface area (Å²) >= 11 is 7.36.